The largest absolute Gasteiger partial charge is 0.350 e. The van der Waals surface area contributed by atoms with Crippen LogP contribution in [-0.2, 0) is 0 Å². The average Bonchev–Trinajstić information content (AvgIpc) is 3.45. The van der Waals surface area contributed by atoms with E-state index in [1.165, 1.54) is 0 Å². The fourth-order valence-corrected chi connectivity index (χ4v) is 6.43. The summed E-state index contributed by atoms with van der Waals surface area (Å²) in [6, 6.07) is 19.0. The first-order valence-electron chi connectivity index (χ1n) is 12.5. The molecule has 1 heterocycles. The van der Waals surface area contributed by atoms with E-state index >= 15 is 8.78 Å². The molecule has 0 bridgehead atoms. The van der Waals surface area contributed by atoms with Gasteiger partial charge in [0.1, 0.15) is 6.17 Å². The quantitative estimate of drug-likeness (QED) is 0.154. The summed E-state index contributed by atoms with van der Waals surface area (Å²) < 4.78 is 74.3. The molecule has 2 aliphatic rings. The molecule has 0 spiro atoms. The molecule has 1 unspecified atom stereocenters. The predicted octanol–water partition coefficient (Wildman–Crippen LogP) is 7.90. The van der Waals surface area contributed by atoms with Gasteiger partial charge in [0, 0.05) is 18.8 Å². The van der Waals surface area contributed by atoms with Crippen LogP contribution in [0, 0.1) is 49.9 Å². The summed E-state index contributed by atoms with van der Waals surface area (Å²) in [5, 5.41) is 0. The van der Waals surface area contributed by atoms with E-state index < -0.39 is 46.9 Å². The number of nitrogens with zero attached hydrogens (tertiary/aromatic N) is 2. The second-order valence-electron chi connectivity index (χ2n) is 10.1. The molecule has 1 aliphatic carbocycles. The highest BCUT2D eigenvalue weighted by Crippen LogP contribution is 2.52. The lowest BCUT2D eigenvalue weighted by Gasteiger charge is -2.37. The fraction of sp³-hybridized carbons (Fsp3) is 0.226. The Bertz CT molecular complexity index is 1500. The molecule has 1 aliphatic heterocycles. The molecule has 4 aromatic rings. The van der Waals surface area contributed by atoms with Crippen molar-refractivity contribution >= 4 is 5.69 Å². The summed E-state index contributed by atoms with van der Waals surface area (Å²) in [6.45, 7) is 6.44. The van der Waals surface area contributed by atoms with Gasteiger partial charge in [-0.15, -0.1) is 0 Å². The Hall–Kier alpha value is -3.71. The lowest BCUT2D eigenvalue weighted by molar-refractivity contribution is 0.200. The standard InChI is InChI=1S/C31H25F5N2/c1-16-14-17(2)29(18(3)15-16)37-12-13-38(31(37)23-24(32)26(34)28(36)27(35)25(23)33)30-21-10-6-4-8-19(21)20-9-5-7-11-22(20)30/h4-11,14-15,30-31H,12-13H2,1-3H3. The molecule has 0 N–H and O–H groups in total. The van der Waals surface area contributed by atoms with Crippen LogP contribution in [0.4, 0.5) is 27.6 Å². The van der Waals surface area contributed by atoms with Crippen LogP contribution < -0.4 is 4.90 Å². The van der Waals surface area contributed by atoms with Crippen LogP contribution in [0.5, 0.6) is 0 Å². The van der Waals surface area contributed by atoms with E-state index in [0.29, 0.717) is 13.1 Å². The second kappa shape index (κ2) is 8.95. The molecule has 38 heavy (non-hydrogen) atoms. The van der Waals surface area contributed by atoms with E-state index in [9.17, 15) is 13.2 Å². The molecule has 1 fully saturated rings. The minimum Gasteiger partial charge on any atom is -0.350 e. The summed E-state index contributed by atoms with van der Waals surface area (Å²) in [7, 11) is 0. The molecule has 0 saturated carbocycles. The van der Waals surface area contributed by atoms with E-state index in [0.717, 1.165) is 44.6 Å². The van der Waals surface area contributed by atoms with E-state index in [4.69, 9.17) is 0 Å². The van der Waals surface area contributed by atoms with Crippen LogP contribution in [0.25, 0.3) is 11.1 Å². The predicted molar refractivity (Wildman–Crippen MR) is 137 cm³/mol. The lowest BCUT2D eigenvalue weighted by Crippen LogP contribution is -2.36. The molecule has 4 aromatic carbocycles. The molecule has 0 aromatic heterocycles. The molecule has 6 rings (SSSR count). The van der Waals surface area contributed by atoms with Crippen molar-refractivity contribution in [2.45, 2.75) is 33.0 Å². The third kappa shape index (κ3) is 3.48. The number of benzene rings is 4. The van der Waals surface area contributed by atoms with Crippen molar-refractivity contribution in [3.8, 4) is 11.1 Å². The van der Waals surface area contributed by atoms with Gasteiger partial charge in [-0.05, 0) is 54.2 Å². The minimum absolute atomic E-state index is 0.343. The Morgan fingerprint density at radius 2 is 1.11 bits per heavy atom. The van der Waals surface area contributed by atoms with Crippen LogP contribution >= 0.6 is 0 Å². The molecule has 7 heteroatoms. The van der Waals surface area contributed by atoms with Crippen molar-refractivity contribution in [3.63, 3.8) is 0 Å². The monoisotopic (exact) mass is 520 g/mol. The van der Waals surface area contributed by atoms with Gasteiger partial charge in [0.25, 0.3) is 0 Å². The van der Waals surface area contributed by atoms with Gasteiger partial charge < -0.3 is 4.90 Å². The van der Waals surface area contributed by atoms with Gasteiger partial charge in [-0.25, -0.2) is 22.0 Å². The maximum atomic E-state index is 15.5. The first kappa shape index (κ1) is 24.6. The first-order valence-corrected chi connectivity index (χ1v) is 12.5. The Morgan fingerprint density at radius 1 is 0.632 bits per heavy atom. The maximum absolute atomic E-state index is 15.5. The van der Waals surface area contributed by atoms with Gasteiger partial charge in [0.15, 0.2) is 23.3 Å². The van der Waals surface area contributed by atoms with Crippen molar-refractivity contribution < 1.29 is 22.0 Å². The van der Waals surface area contributed by atoms with Gasteiger partial charge >= 0.3 is 0 Å². The van der Waals surface area contributed by atoms with Crippen LogP contribution in [-0.4, -0.2) is 18.0 Å². The van der Waals surface area contributed by atoms with Crippen molar-refractivity contribution in [2.75, 3.05) is 18.0 Å². The highest BCUT2D eigenvalue weighted by Gasteiger charge is 2.46. The Labute approximate surface area is 217 Å². The van der Waals surface area contributed by atoms with E-state index in [-0.39, 0.29) is 0 Å². The zero-order valence-corrected chi connectivity index (χ0v) is 21.1. The van der Waals surface area contributed by atoms with Gasteiger partial charge in [0.05, 0.1) is 11.6 Å². The van der Waals surface area contributed by atoms with Gasteiger partial charge in [-0.2, -0.15) is 0 Å². The normalized spacial score (nSPS) is 17.3. The SMILES string of the molecule is Cc1cc(C)c(N2CCN(C3c4ccccc4-c4ccccc43)C2c2c(F)c(F)c(F)c(F)c2F)c(C)c1. The van der Waals surface area contributed by atoms with E-state index in [1.54, 1.807) is 4.90 Å². The van der Waals surface area contributed by atoms with Crippen molar-refractivity contribution in [1.29, 1.82) is 0 Å². The third-order valence-corrected chi connectivity index (χ3v) is 7.77. The average molecular weight is 521 g/mol. The fourth-order valence-electron chi connectivity index (χ4n) is 6.43. The molecular weight excluding hydrogens is 495 g/mol. The third-order valence-electron chi connectivity index (χ3n) is 7.77. The number of aryl methyl sites for hydroxylation is 3. The first-order chi connectivity index (χ1) is 18.2. The smallest absolute Gasteiger partial charge is 0.200 e. The summed E-state index contributed by atoms with van der Waals surface area (Å²) in [5.41, 5.74) is 6.49. The molecule has 1 saturated heterocycles. The molecule has 194 valence electrons. The van der Waals surface area contributed by atoms with Crippen LogP contribution in [0.15, 0.2) is 60.7 Å². The van der Waals surface area contributed by atoms with Gasteiger partial charge in [0.2, 0.25) is 5.82 Å². The van der Waals surface area contributed by atoms with Crippen molar-refractivity contribution in [1.82, 2.24) is 4.90 Å². The Morgan fingerprint density at radius 3 is 1.63 bits per heavy atom. The summed E-state index contributed by atoms with van der Waals surface area (Å²) in [4.78, 5) is 3.65. The van der Waals surface area contributed by atoms with Crippen LogP contribution in [0.2, 0.25) is 0 Å². The summed E-state index contributed by atoms with van der Waals surface area (Å²) >= 11 is 0. The molecule has 1 atom stereocenters. The minimum atomic E-state index is -2.15. The zero-order chi connectivity index (χ0) is 26.9. The number of rotatable bonds is 3. The second-order valence-corrected chi connectivity index (χ2v) is 10.1. The maximum Gasteiger partial charge on any atom is 0.200 e. The number of hydrogen-bond donors (Lipinski definition) is 0. The number of anilines is 1. The number of hydrogen-bond acceptors (Lipinski definition) is 2. The van der Waals surface area contributed by atoms with Crippen LogP contribution in [0.1, 0.15) is 45.6 Å². The number of fused-ring (bicyclic) bond motifs is 3. The molecule has 0 radical (unpaired) electrons. The summed E-state index contributed by atoms with van der Waals surface area (Å²) in [5.74, 6) is -9.62. The molecule has 0 amide bonds. The molecular formula is C31H25F5N2. The van der Waals surface area contributed by atoms with E-state index in [2.05, 4.69) is 0 Å². The van der Waals surface area contributed by atoms with Crippen molar-refractivity contribution in [3.05, 3.63) is 123 Å². The highest BCUT2D eigenvalue weighted by molar-refractivity contribution is 5.78. The number of halogens is 5. The highest BCUT2D eigenvalue weighted by atomic mass is 19.2. The Balaban J connectivity index is 1.61. The van der Waals surface area contributed by atoms with Crippen LogP contribution in [0.3, 0.4) is 0 Å². The van der Waals surface area contributed by atoms with Crippen molar-refractivity contribution in [2.24, 2.45) is 0 Å². The van der Waals surface area contributed by atoms with E-state index in [1.807, 2.05) is 86.3 Å². The van der Waals surface area contributed by atoms with Gasteiger partial charge in [-0.3, -0.25) is 4.90 Å². The summed E-state index contributed by atoms with van der Waals surface area (Å²) in [6.07, 6.45) is -1.23. The molecule has 2 nitrogen and oxygen atoms in total. The zero-order valence-electron chi connectivity index (χ0n) is 21.1. The van der Waals surface area contributed by atoms with Gasteiger partial charge in [-0.1, -0.05) is 66.2 Å². The lowest BCUT2D eigenvalue weighted by atomic mass is 9.99. The Kier molecular flexibility index (Phi) is 5.80. The topological polar surface area (TPSA) is 6.48 Å².